The quantitative estimate of drug-likeness (QED) is 0.746. The van der Waals surface area contributed by atoms with Gasteiger partial charge in [0.05, 0.1) is 17.3 Å². The second kappa shape index (κ2) is 8.11. The van der Waals surface area contributed by atoms with Gasteiger partial charge in [-0.05, 0) is 36.6 Å². The van der Waals surface area contributed by atoms with Crippen molar-refractivity contribution in [1.82, 2.24) is 5.32 Å². The molecule has 21 heavy (non-hydrogen) atoms. The molecule has 1 rings (SSSR count). The molecule has 0 saturated carbocycles. The first-order valence-corrected chi connectivity index (χ1v) is 7.36. The van der Waals surface area contributed by atoms with Gasteiger partial charge in [-0.2, -0.15) is 17.0 Å². The summed E-state index contributed by atoms with van der Waals surface area (Å²) in [6.07, 6.45) is 2.09. The zero-order valence-corrected chi connectivity index (χ0v) is 12.0. The summed E-state index contributed by atoms with van der Waals surface area (Å²) in [6, 6.07) is 3.49. The molecule has 3 N–H and O–H groups in total. The SMILES string of the molecule is CSCCC(NC(=O)Nc1ccc(C#N)cc1F)C(=O)O. The van der Waals surface area contributed by atoms with E-state index in [1.165, 1.54) is 23.9 Å². The van der Waals surface area contributed by atoms with Gasteiger partial charge in [0.15, 0.2) is 0 Å². The van der Waals surface area contributed by atoms with Crippen LogP contribution in [0.25, 0.3) is 0 Å². The fourth-order valence-corrected chi connectivity index (χ4v) is 1.97. The Kier molecular flexibility index (Phi) is 6.49. The Morgan fingerprint density at radius 1 is 1.52 bits per heavy atom. The molecule has 0 heterocycles. The summed E-state index contributed by atoms with van der Waals surface area (Å²) in [4.78, 5) is 22.7. The largest absolute Gasteiger partial charge is 0.480 e. The number of nitrogens with one attached hydrogen (secondary N) is 2. The number of amides is 2. The number of benzene rings is 1. The number of hydrogen-bond acceptors (Lipinski definition) is 4. The first-order valence-electron chi connectivity index (χ1n) is 5.96. The lowest BCUT2D eigenvalue weighted by Gasteiger charge is -2.15. The van der Waals surface area contributed by atoms with Crippen LogP contribution in [-0.2, 0) is 4.79 Å². The molecule has 1 atom stereocenters. The normalized spacial score (nSPS) is 11.3. The Labute approximate surface area is 125 Å². The van der Waals surface area contributed by atoms with Crippen molar-refractivity contribution >= 4 is 29.4 Å². The van der Waals surface area contributed by atoms with Gasteiger partial charge in [-0.1, -0.05) is 0 Å². The molecule has 1 aromatic carbocycles. The van der Waals surface area contributed by atoms with Gasteiger partial charge < -0.3 is 15.7 Å². The van der Waals surface area contributed by atoms with Crippen molar-refractivity contribution in [1.29, 1.82) is 5.26 Å². The minimum absolute atomic E-state index is 0.125. The molecule has 0 aliphatic heterocycles. The van der Waals surface area contributed by atoms with Crippen LogP contribution >= 0.6 is 11.8 Å². The molecular formula is C13H14FN3O3S. The van der Waals surface area contributed by atoms with Gasteiger partial charge in [0.25, 0.3) is 0 Å². The van der Waals surface area contributed by atoms with Crippen LogP contribution in [0.5, 0.6) is 0 Å². The van der Waals surface area contributed by atoms with Gasteiger partial charge >= 0.3 is 12.0 Å². The number of carboxylic acid groups (broad SMARTS) is 1. The van der Waals surface area contributed by atoms with Gasteiger partial charge in [-0.3, -0.25) is 0 Å². The van der Waals surface area contributed by atoms with Crippen molar-refractivity contribution in [2.24, 2.45) is 0 Å². The van der Waals surface area contributed by atoms with E-state index in [1.54, 1.807) is 6.07 Å². The first-order chi connectivity index (χ1) is 9.97. The Bertz CT molecular complexity index is 574. The van der Waals surface area contributed by atoms with Crippen LogP contribution in [0.15, 0.2) is 18.2 Å². The number of carbonyl (C=O) groups excluding carboxylic acids is 1. The Balaban J connectivity index is 2.68. The minimum atomic E-state index is -1.15. The van der Waals surface area contributed by atoms with Crippen LogP contribution in [-0.4, -0.2) is 35.2 Å². The first kappa shape index (κ1) is 16.8. The third kappa shape index (κ3) is 5.31. The zero-order valence-electron chi connectivity index (χ0n) is 11.2. The molecule has 0 aliphatic carbocycles. The van der Waals surface area contributed by atoms with Gasteiger partial charge in [0.2, 0.25) is 0 Å². The van der Waals surface area contributed by atoms with Gasteiger partial charge in [-0.25, -0.2) is 14.0 Å². The lowest BCUT2D eigenvalue weighted by molar-refractivity contribution is -0.139. The molecule has 0 saturated heterocycles. The number of nitrogens with zero attached hydrogens (tertiary/aromatic N) is 1. The maximum absolute atomic E-state index is 13.6. The Hall–Kier alpha value is -2.27. The van der Waals surface area contributed by atoms with E-state index in [2.05, 4.69) is 10.6 Å². The van der Waals surface area contributed by atoms with E-state index < -0.39 is 23.9 Å². The molecule has 2 amide bonds. The highest BCUT2D eigenvalue weighted by Gasteiger charge is 2.19. The van der Waals surface area contributed by atoms with Crippen LogP contribution in [0, 0.1) is 17.1 Å². The molecule has 6 nitrogen and oxygen atoms in total. The molecule has 1 aromatic rings. The van der Waals surface area contributed by atoms with Crippen LogP contribution in [0.4, 0.5) is 14.9 Å². The van der Waals surface area contributed by atoms with Crippen LogP contribution in [0.1, 0.15) is 12.0 Å². The number of carboxylic acids is 1. The van der Waals surface area contributed by atoms with Crippen LogP contribution < -0.4 is 10.6 Å². The van der Waals surface area contributed by atoms with Crippen molar-refractivity contribution in [3.05, 3.63) is 29.6 Å². The molecule has 0 aliphatic rings. The Morgan fingerprint density at radius 2 is 2.24 bits per heavy atom. The summed E-state index contributed by atoms with van der Waals surface area (Å²) >= 11 is 1.46. The number of rotatable bonds is 6. The van der Waals surface area contributed by atoms with Gasteiger partial charge in [-0.15, -0.1) is 0 Å². The average Bonchev–Trinajstić information content (AvgIpc) is 2.45. The molecule has 112 valence electrons. The topological polar surface area (TPSA) is 102 Å². The van der Waals surface area contributed by atoms with E-state index in [9.17, 15) is 14.0 Å². The second-order valence-corrected chi connectivity index (χ2v) is 5.06. The number of urea groups is 1. The Morgan fingerprint density at radius 3 is 2.76 bits per heavy atom. The second-order valence-electron chi connectivity index (χ2n) is 4.08. The average molecular weight is 311 g/mol. The number of halogens is 1. The van der Waals surface area contributed by atoms with E-state index in [4.69, 9.17) is 10.4 Å². The predicted octanol–water partition coefficient (Wildman–Crippen LogP) is 2.03. The van der Waals surface area contributed by atoms with Gasteiger partial charge in [0, 0.05) is 0 Å². The molecular weight excluding hydrogens is 297 g/mol. The molecule has 0 spiro atoms. The monoisotopic (exact) mass is 311 g/mol. The number of nitriles is 1. The number of thioether (sulfide) groups is 1. The third-order valence-corrected chi connectivity index (χ3v) is 3.20. The fourth-order valence-electron chi connectivity index (χ4n) is 1.50. The zero-order chi connectivity index (χ0) is 15.8. The summed E-state index contributed by atoms with van der Waals surface area (Å²) in [5.41, 5.74) is 0.00217. The van der Waals surface area contributed by atoms with E-state index in [0.29, 0.717) is 5.75 Å². The third-order valence-electron chi connectivity index (χ3n) is 2.56. The van der Waals surface area contributed by atoms with Crippen molar-refractivity contribution in [3.63, 3.8) is 0 Å². The van der Waals surface area contributed by atoms with E-state index >= 15 is 0 Å². The molecule has 0 radical (unpaired) electrons. The number of carbonyl (C=O) groups is 2. The van der Waals surface area contributed by atoms with E-state index in [0.717, 1.165) is 6.07 Å². The summed E-state index contributed by atoms with van der Waals surface area (Å²) in [5, 5.41) is 22.1. The maximum Gasteiger partial charge on any atom is 0.326 e. The van der Waals surface area contributed by atoms with Crippen LogP contribution in [0.3, 0.4) is 0 Å². The van der Waals surface area contributed by atoms with E-state index in [-0.39, 0.29) is 17.7 Å². The predicted molar refractivity (Wildman–Crippen MR) is 77.7 cm³/mol. The summed E-state index contributed by atoms with van der Waals surface area (Å²) < 4.78 is 13.6. The van der Waals surface area contributed by atoms with Crippen molar-refractivity contribution in [2.75, 3.05) is 17.3 Å². The lowest BCUT2D eigenvalue weighted by atomic mass is 10.2. The molecule has 1 unspecified atom stereocenters. The highest BCUT2D eigenvalue weighted by Crippen LogP contribution is 2.15. The van der Waals surface area contributed by atoms with Crippen LogP contribution in [0.2, 0.25) is 0 Å². The summed E-state index contributed by atoms with van der Waals surface area (Å²) in [5.74, 6) is -1.35. The lowest BCUT2D eigenvalue weighted by Crippen LogP contribution is -2.43. The van der Waals surface area contributed by atoms with E-state index in [1.807, 2.05) is 6.26 Å². The summed E-state index contributed by atoms with van der Waals surface area (Å²) in [6.45, 7) is 0. The molecule has 8 heteroatoms. The highest BCUT2D eigenvalue weighted by atomic mass is 32.2. The van der Waals surface area contributed by atoms with Crippen molar-refractivity contribution in [2.45, 2.75) is 12.5 Å². The number of anilines is 1. The van der Waals surface area contributed by atoms with Crippen molar-refractivity contribution in [3.8, 4) is 6.07 Å². The minimum Gasteiger partial charge on any atom is -0.480 e. The molecule has 0 fully saturated rings. The fraction of sp³-hybridized carbons (Fsp3) is 0.308. The number of hydrogen-bond donors (Lipinski definition) is 3. The molecule has 0 aromatic heterocycles. The smallest absolute Gasteiger partial charge is 0.326 e. The highest BCUT2D eigenvalue weighted by molar-refractivity contribution is 7.98. The van der Waals surface area contributed by atoms with Gasteiger partial charge in [0.1, 0.15) is 11.9 Å². The molecule has 0 bridgehead atoms. The standard InChI is InChI=1S/C13H14FN3O3S/c1-21-5-4-11(12(18)19)17-13(20)16-10-3-2-8(7-15)6-9(10)14/h2-3,6,11H,4-5H2,1H3,(H,18,19)(H2,16,17,20). The van der Waals surface area contributed by atoms with Crippen molar-refractivity contribution < 1.29 is 19.1 Å². The summed E-state index contributed by atoms with van der Waals surface area (Å²) in [7, 11) is 0. The number of aliphatic carboxylic acids is 1. The maximum atomic E-state index is 13.6.